The normalized spacial score (nSPS) is 21.4. The van der Waals surface area contributed by atoms with Gasteiger partial charge in [0.2, 0.25) is 0 Å². The first-order valence-electron chi connectivity index (χ1n) is 12.1. The maximum Gasteiger partial charge on any atom is 0.327 e. The topological polar surface area (TPSA) is 71.0 Å². The summed E-state index contributed by atoms with van der Waals surface area (Å²) in [6.07, 6.45) is 0.997. The zero-order chi connectivity index (χ0) is 24.6. The molecule has 0 aromatic heterocycles. The van der Waals surface area contributed by atoms with E-state index in [2.05, 4.69) is 10.2 Å². The van der Waals surface area contributed by atoms with E-state index in [1.807, 2.05) is 0 Å². The zero-order valence-electron chi connectivity index (χ0n) is 19.3. The first-order chi connectivity index (χ1) is 16.8. The first kappa shape index (κ1) is 24.3. The number of halogens is 3. The summed E-state index contributed by atoms with van der Waals surface area (Å²) in [5.41, 5.74) is 2.02. The van der Waals surface area contributed by atoms with Gasteiger partial charge in [0, 0.05) is 17.5 Å². The number of alkyl halides is 2. The molecule has 3 atom stereocenters. The average Bonchev–Trinajstić information content (AvgIpc) is 3.52. The van der Waals surface area contributed by atoms with E-state index in [0.29, 0.717) is 35.3 Å². The Bertz CT molecular complexity index is 1090. The molecule has 9 heteroatoms. The Morgan fingerprint density at radius 3 is 2.57 bits per heavy atom. The highest BCUT2D eigenvalue weighted by molar-refractivity contribution is 6.30. The number of nitrogens with one attached hydrogen (secondary N) is 1. The second-order valence-electron chi connectivity index (χ2n) is 9.58. The van der Waals surface area contributed by atoms with Gasteiger partial charge < -0.3 is 24.8 Å². The predicted octanol–water partition coefficient (Wildman–Crippen LogP) is 3.78. The van der Waals surface area contributed by atoms with Crippen molar-refractivity contribution in [1.29, 1.82) is 0 Å². The van der Waals surface area contributed by atoms with E-state index < -0.39 is 29.9 Å². The summed E-state index contributed by atoms with van der Waals surface area (Å²) in [7, 11) is 0. The molecule has 0 spiro atoms. The van der Waals surface area contributed by atoms with Crippen molar-refractivity contribution in [3.63, 3.8) is 0 Å². The fourth-order valence-corrected chi connectivity index (χ4v) is 5.43. The number of rotatable bonds is 7. The molecule has 2 N–H and O–H groups in total. The standard InChI is InChI=1S/C26H29ClF2N2O4/c27-20-5-3-16-11-19(12-18(16)13-20)26(28,29)25(33)30-21(15-31-7-1-2-8-31)24(32)17-4-6-22-23(14-17)35-10-9-34-22/h3-6,13-14,19,21,24,32H,1-2,7-12,15H2,(H,30,33). The highest BCUT2D eigenvalue weighted by Crippen LogP contribution is 2.39. The summed E-state index contributed by atoms with van der Waals surface area (Å²) in [6, 6.07) is 9.22. The number of aliphatic hydroxyl groups is 1. The van der Waals surface area contributed by atoms with Crippen LogP contribution in [-0.2, 0) is 17.6 Å². The van der Waals surface area contributed by atoms with E-state index in [-0.39, 0.29) is 19.4 Å². The summed E-state index contributed by atoms with van der Waals surface area (Å²) in [5, 5.41) is 14.2. The van der Waals surface area contributed by atoms with Crippen molar-refractivity contribution in [3.8, 4) is 11.5 Å². The fourth-order valence-electron chi connectivity index (χ4n) is 5.24. The number of fused-ring (bicyclic) bond motifs is 2. The lowest BCUT2D eigenvalue weighted by Gasteiger charge is -2.31. The second kappa shape index (κ2) is 9.91. The monoisotopic (exact) mass is 506 g/mol. The van der Waals surface area contributed by atoms with E-state index in [1.54, 1.807) is 36.4 Å². The number of likely N-dealkylation sites (tertiary alicyclic amines) is 1. The third-order valence-electron chi connectivity index (χ3n) is 7.18. The molecule has 2 aromatic rings. The van der Waals surface area contributed by atoms with Crippen LogP contribution in [0.2, 0.25) is 5.02 Å². The van der Waals surface area contributed by atoms with Gasteiger partial charge in [-0.25, -0.2) is 0 Å². The average molecular weight is 507 g/mol. The minimum absolute atomic E-state index is 0.0812. The van der Waals surface area contributed by atoms with Crippen LogP contribution in [0.15, 0.2) is 36.4 Å². The Balaban J connectivity index is 1.33. The molecule has 0 radical (unpaired) electrons. The Kier molecular flexibility index (Phi) is 6.88. The molecule has 2 heterocycles. The van der Waals surface area contributed by atoms with Gasteiger partial charge in [0.05, 0.1) is 6.04 Å². The van der Waals surface area contributed by atoms with Crippen molar-refractivity contribution in [2.45, 2.75) is 43.8 Å². The number of hydrogen-bond acceptors (Lipinski definition) is 5. The lowest BCUT2D eigenvalue weighted by atomic mass is 9.95. The van der Waals surface area contributed by atoms with Gasteiger partial charge in [0.25, 0.3) is 5.91 Å². The smallest absolute Gasteiger partial charge is 0.327 e. The molecule has 1 aliphatic carbocycles. The van der Waals surface area contributed by atoms with Gasteiger partial charge in [-0.15, -0.1) is 0 Å². The zero-order valence-corrected chi connectivity index (χ0v) is 20.1. The summed E-state index contributed by atoms with van der Waals surface area (Å²) in [5.74, 6) is -5.05. The predicted molar refractivity (Wildman–Crippen MR) is 127 cm³/mol. The molecule has 5 rings (SSSR count). The molecule has 35 heavy (non-hydrogen) atoms. The van der Waals surface area contributed by atoms with Crippen molar-refractivity contribution in [3.05, 3.63) is 58.1 Å². The van der Waals surface area contributed by atoms with Crippen LogP contribution in [0.4, 0.5) is 8.78 Å². The first-order valence-corrected chi connectivity index (χ1v) is 12.4. The minimum Gasteiger partial charge on any atom is -0.486 e. The van der Waals surface area contributed by atoms with E-state index in [1.165, 1.54) is 0 Å². The number of hydrogen-bond donors (Lipinski definition) is 2. The van der Waals surface area contributed by atoms with Crippen LogP contribution in [0.3, 0.4) is 0 Å². The third kappa shape index (κ3) is 5.10. The van der Waals surface area contributed by atoms with Crippen LogP contribution < -0.4 is 14.8 Å². The maximum atomic E-state index is 15.4. The van der Waals surface area contributed by atoms with Crippen LogP contribution in [0, 0.1) is 5.92 Å². The Hall–Kier alpha value is -2.42. The van der Waals surface area contributed by atoms with E-state index in [0.717, 1.165) is 37.1 Å². The lowest BCUT2D eigenvalue weighted by molar-refractivity contribution is -0.155. The molecular formula is C26H29ClF2N2O4. The summed E-state index contributed by atoms with van der Waals surface area (Å²) in [6.45, 7) is 2.71. The molecule has 0 saturated carbocycles. The number of amides is 1. The van der Waals surface area contributed by atoms with Crippen molar-refractivity contribution in [1.82, 2.24) is 10.2 Å². The van der Waals surface area contributed by atoms with Crippen molar-refractivity contribution < 1.29 is 28.2 Å². The molecule has 2 aromatic carbocycles. The number of carbonyl (C=O) groups is 1. The number of carbonyl (C=O) groups excluding carboxylic acids is 1. The summed E-state index contributed by atoms with van der Waals surface area (Å²) >= 11 is 6.02. The SMILES string of the molecule is O=C(NC(CN1CCCC1)C(O)c1ccc2c(c1)OCCO2)C(F)(F)C1Cc2ccc(Cl)cc2C1. The molecule has 2 aliphatic heterocycles. The van der Waals surface area contributed by atoms with Crippen molar-refractivity contribution >= 4 is 17.5 Å². The quantitative estimate of drug-likeness (QED) is 0.598. The lowest BCUT2D eigenvalue weighted by Crippen LogP contribution is -2.54. The molecule has 0 bridgehead atoms. The molecule has 1 amide bonds. The summed E-state index contributed by atoms with van der Waals surface area (Å²) in [4.78, 5) is 15.0. The second-order valence-corrected chi connectivity index (χ2v) is 10.0. The van der Waals surface area contributed by atoms with E-state index in [9.17, 15) is 9.90 Å². The van der Waals surface area contributed by atoms with Gasteiger partial charge in [0.1, 0.15) is 19.3 Å². The number of nitrogens with zero attached hydrogens (tertiary/aromatic N) is 1. The maximum absolute atomic E-state index is 15.4. The Labute approximate surface area is 208 Å². The largest absolute Gasteiger partial charge is 0.486 e. The van der Waals surface area contributed by atoms with Crippen LogP contribution in [0.25, 0.3) is 0 Å². The van der Waals surface area contributed by atoms with Crippen molar-refractivity contribution in [2.75, 3.05) is 32.8 Å². The summed E-state index contributed by atoms with van der Waals surface area (Å²) < 4.78 is 41.9. The molecule has 1 fully saturated rings. The number of aliphatic hydroxyl groups excluding tert-OH is 1. The molecule has 188 valence electrons. The van der Waals surface area contributed by atoms with Gasteiger partial charge in [-0.2, -0.15) is 8.78 Å². The fraction of sp³-hybridized carbons (Fsp3) is 0.500. The van der Waals surface area contributed by atoms with E-state index >= 15 is 8.78 Å². The molecule has 1 saturated heterocycles. The van der Waals surface area contributed by atoms with E-state index in [4.69, 9.17) is 21.1 Å². The van der Waals surface area contributed by atoms with Gasteiger partial charge >= 0.3 is 5.92 Å². The van der Waals surface area contributed by atoms with Crippen molar-refractivity contribution in [2.24, 2.45) is 5.92 Å². The van der Waals surface area contributed by atoms with Gasteiger partial charge in [0.15, 0.2) is 11.5 Å². The Morgan fingerprint density at radius 2 is 1.80 bits per heavy atom. The molecule has 3 unspecified atom stereocenters. The molecule has 6 nitrogen and oxygen atoms in total. The number of benzene rings is 2. The van der Waals surface area contributed by atoms with Crippen LogP contribution in [0.1, 0.15) is 35.6 Å². The molecular weight excluding hydrogens is 478 g/mol. The highest BCUT2D eigenvalue weighted by Gasteiger charge is 2.50. The number of ether oxygens (including phenoxy) is 2. The van der Waals surface area contributed by atoms with Gasteiger partial charge in [-0.1, -0.05) is 23.7 Å². The molecule has 3 aliphatic rings. The van der Waals surface area contributed by atoms with Gasteiger partial charge in [-0.3, -0.25) is 4.79 Å². The Morgan fingerprint density at radius 1 is 1.09 bits per heavy atom. The van der Waals surface area contributed by atoms with Crippen LogP contribution in [0.5, 0.6) is 11.5 Å². The third-order valence-corrected chi connectivity index (χ3v) is 7.41. The van der Waals surface area contributed by atoms with Crippen LogP contribution in [-0.4, -0.2) is 60.7 Å². The highest BCUT2D eigenvalue weighted by atomic mass is 35.5. The van der Waals surface area contributed by atoms with Crippen LogP contribution >= 0.6 is 11.6 Å². The minimum atomic E-state index is -3.60. The van der Waals surface area contributed by atoms with Gasteiger partial charge in [-0.05, 0) is 79.7 Å².